The summed E-state index contributed by atoms with van der Waals surface area (Å²) in [4.78, 5) is 0. The zero-order valence-corrected chi connectivity index (χ0v) is 13.8. The first kappa shape index (κ1) is 16.7. The maximum atomic E-state index is 4.30. The fourth-order valence-corrected chi connectivity index (χ4v) is 2.69. The maximum Gasteiger partial charge on any atom is 0.0997 e. The molecule has 2 rings (SSSR count). The summed E-state index contributed by atoms with van der Waals surface area (Å²) >= 11 is 0. The molecule has 0 saturated carbocycles. The Hall–Kier alpha value is -1.68. The molecule has 1 heterocycles. The molecule has 0 aliphatic heterocycles. The molecule has 2 aromatic rings. The quantitative estimate of drug-likeness (QED) is 0.703. The van der Waals surface area contributed by atoms with Gasteiger partial charge in [0.1, 0.15) is 0 Å². The average Bonchev–Trinajstić information content (AvgIpc) is 2.99. The molecular weight excluding hydrogens is 272 g/mol. The molecule has 1 aromatic carbocycles. The third-order valence-corrected chi connectivity index (χ3v) is 4.19. The number of unbranched alkanes of at least 4 members (excludes halogenated alkanes) is 1. The van der Waals surface area contributed by atoms with E-state index in [0.29, 0.717) is 0 Å². The van der Waals surface area contributed by atoms with Crippen LogP contribution in [0.4, 0.5) is 0 Å². The summed E-state index contributed by atoms with van der Waals surface area (Å²) in [5.41, 5.74) is 3.35. The monoisotopic (exact) mass is 300 g/mol. The van der Waals surface area contributed by atoms with Gasteiger partial charge in [-0.2, -0.15) is 15.4 Å². The highest BCUT2D eigenvalue weighted by atomic mass is 15.3. The number of nitrogens with one attached hydrogen (secondary N) is 2. The van der Waals surface area contributed by atoms with Gasteiger partial charge in [0.05, 0.1) is 11.4 Å². The standard InChI is InChI=1S/C18H28N4/c1-3-5-9-15(4-2)13-19-14-18-17(20-22-21-18)12-16-10-7-6-8-11-16/h6-8,10-11,15,19H,3-5,9,12-14H2,1-2H3,(H,20,21,22). The van der Waals surface area contributed by atoms with Crippen LogP contribution in [0, 0.1) is 5.92 Å². The highest BCUT2D eigenvalue weighted by Crippen LogP contribution is 2.12. The molecule has 0 amide bonds. The van der Waals surface area contributed by atoms with Crippen LogP contribution in [0.25, 0.3) is 0 Å². The van der Waals surface area contributed by atoms with E-state index >= 15 is 0 Å². The Morgan fingerprint density at radius 1 is 1.09 bits per heavy atom. The summed E-state index contributed by atoms with van der Waals surface area (Å²) < 4.78 is 0. The second-order valence-electron chi connectivity index (χ2n) is 5.93. The predicted octanol–water partition coefficient (Wildman–Crippen LogP) is 3.70. The third kappa shape index (κ3) is 5.26. The van der Waals surface area contributed by atoms with Crippen molar-refractivity contribution in [2.45, 2.75) is 52.5 Å². The van der Waals surface area contributed by atoms with Crippen LogP contribution in [0.15, 0.2) is 30.3 Å². The van der Waals surface area contributed by atoms with Crippen molar-refractivity contribution in [3.05, 3.63) is 47.3 Å². The fourth-order valence-electron chi connectivity index (χ4n) is 2.69. The van der Waals surface area contributed by atoms with E-state index in [4.69, 9.17) is 0 Å². The normalized spacial score (nSPS) is 12.5. The van der Waals surface area contributed by atoms with Gasteiger partial charge in [0.15, 0.2) is 0 Å². The van der Waals surface area contributed by atoms with Crippen molar-refractivity contribution in [2.24, 2.45) is 5.92 Å². The van der Waals surface area contributed by atoms with Crippen molar-refractivity contribution >= 4 is 0 Å². The smallest absolute Gasteiger partial charge is 0.0997 e. The van der Waals surface area contributed by atoms with Crippen LogP contribution >= 0.6 is 0 Å². The molecule has 4 nitrogen and oxygen atoms in total. The highest BCUT2D eigenvalue weighted by molar-refractivity contribution is 5.23. The Balaban J connectivity index is 1.82. The minimum atomic E-state index is 0.768. The van der Waals surface area contributed by atoms with Crippen molar-refractivity contribution in [1.29, 1.82) is 0 Å². The zero-order chi connectivity index (χ0) is 15.6. The number of rotatable bonds is 10. The van der Waals surface area contributed by atoms with Crippen LogP contribution in [0.3, 0.4) is 0 Å². The Bertz CT molecular complexity index is 521. The van der Waals surface area contributed by atoms with E-state index in [-0.39, 0.29) is 0 Å². The molecule has 0 saturated heterocycles. The van der Waals surface area contributed by atoms with Gasteiger partial charge in [0.25, 0.3) is 0 Å². The second kappa shape index (κ2) is 9.36. The minimum Gasteiger partial charge on any atom is -0.311 e. The molecule has 0 radical (unpaired) electrons. The number of hydrogen-bond acceptors (Lipinski definition) is 3. The summed E-state index contributed by atoms with van der Waals surface area (Å²) in [6, 6.07) is 10.4. The average molecular weight is 300 g/mol. The van der Waals surface area contributed by atoms with Crippen molar-refractivity contribution in [3.63, 3.8) is 0 Å². The van der Waals surface area contributed by atoms with Crippen LogP contribution < -0.4 is 5.32 Å². The molecule has 120 valence electrons. The lowest BCUT2D eigenvalue weighted by Gasteiger charge is -2.14. The van der Waals surface area contributed by atoms with Gasteiger partial charge in [-0.15, -0.1) is 0 Å². The van der Waals surface area contributed by atoms with E-state index < -0.39 is 0 Å². The van der Waals surface area contributed by atoms with Gasteiger partial charge >= 0.3 is 0 Å². The van der Waals surface area contributed by atoms with E-state index in [1.807, 2.05) is 6.07 Å². The first-order valence-electron chi connectivity index (χ1n) is 8.46. The first-order valence-corrected chi connectivity index (χ1v) is 8.46. The summed E-state index contributed by atoms with van der Waals surface area (Å²) in [5.74, 6) is 0.768. The van der Waals surface area contributed by atoms with Crippen molar-refractivity contribution in [3.8, 4) is 0 Å². The molecule has 0 fully saturated rings. The van der Waals surface area contributed by atoms with E-state index in [9.17, 15) is 0 Å². The minimum absolute atomic E-state index is 0.768. The molecule has 1 atom stereocenters. The first-order chi connectivity index (χ1) is 10.8. The molecule has 4 heteroatoms. The Morgan fingerprint density at radius 2 is 1.86 bits per heavy atom. The molecule has 0 aliphatic carbocycles. The molecule has 2 N–H and O–H groups in total. The molecule has 0 aliphatic rings. The van der Waals surface area contributed by atoms with Crippen molar-refractivity contribution in [2.75, 3.05) is 6.54 Å². The number of nitrogens with zero attached hydrogens (tertiary/aromatic N) is 2. The Kier molecular flexibility index (Phi) is 7.10. The van der Waals surface area contributed by atoms with Crippen LogP contribution in [0.1, 0.15) is 56.5 Å². The van der Waals surface area contributed by atoms with Crippen molar-refractivity contribution in [1.82, 2.24) is 20.7 Å². The Labute approximate surface area is 133 Å². The lowest BCUT2D eigenvalue weighted by molar-refractivity contribution is 0.418. The van der Waals surface area contributed by atoms with Gasteiger partial charge in [-0.3, -0.25) is 0 Å². The number of aromatic amines is 1. The topological polar surface area (TPSA) is 53.6 Å². The molecule has 0 bridgehead atoms. The van der Waals surface area contributed by atoms with Crippen LogP contribution in [-0.4, -0.2) is 22.0 Å². The van der Waals surface area contributed by atoms with Gasteiger partial charge < -0.3 is 5.32 Å². The SMILES string of the molecule is CCCCC(CC)CNCc1n[nH]nc1Cc1ccccc1. The van der Waals surface area contributed by atoms with E-state index in [2.05, 4.69) is 58.8 Å². The summed E-state index contributed by atoms with van der Waals surface area (Å²) in [6.45, 7) is 6.39. The third-order valence-electron chi connectivity index (χ3n) is 4.19. The second-order valence-corrected chi connectivity index (χ2v) is 5.93. The molecule has 1 aromatic heterocycles. The summed E-state index contributed by atoms with van der Waals surface area (Å²) in [6.07, 6.45) is 5.99. The van der Waals surface area contributed by atoms with Crippen LogP contribution in [0.5, 0.6) is 0 Å². The van der Waals surface area contributed by atoms with E-state index in [0.717, 1.165) is 36.8 Å². The molecule has 1 unspecified atom stereocenters. The molecule has 0 spiro atoms. The zero-order valence-electron chi connectivity index (χ0n) is 13.8. The molecule has 22 heavy (non-hydrogen) atoms. The lowest BCUT2D eigenvalue weighted by Crippen LogP contribution is -2.23. The highest BCUT2D eigenvalue weighted by Gasteiger charge is 2.10. The number of H-pyrrole nitrogens is 1. The van der Waals surface area contributed by atoms with Crippen molar-refractivity contribution < 1.29 is 0 Å². The fraction of sp³-hybridized carbons (Fsp3) is 0.556. The van der Waals surface area contributed by atoms with Gasteiger partial charge in [-0.25, -0.2) is 0 Å². The largest absolute Gasteiger partial charge is 0.311 e. The van der Waals surface area contributed by atoms with Crippen LogP contribution in [-0.2, 0) is 13.0 Å². The number of hydrogen-bond donors (Lipinski definition) is 2. The predicted molar refractivity (Wildman–Crippen MR) is 90.6 cm³/mol. The number of benzene rings is 1. The van der Waals surface area contributed by atoms with Gasteiger partial charge in [-0.1, -0.05) is 63.4 Å². The molecular formula is C18H28N4. The van der Waals surface area contributed by atoms with Gasteiger partial charge in [0, 0.05) is 13.0 Å². The van der Waals surface area contributed by atoms with E-state index in [1.54, 1.807) is 0 Å². The van der Waals surface area contributed by atoms with Gasteiger partial charge in [0.2, 0.25) is 0 Å². The lowest BCUT2D eigenvalue weighted by atomic mass is 9.99. The van der Waals surface area contributed by atoms with E-state index in [1.165, 1.54) is 31.2 Å². The number of aromatic nitrogens is 3. The van der Waals surface area contributed by atoms with Crippen LogP contribution in [0.2, 0.25) is 0 Å². The summed E-state index contributed by atoms with van der Waals surface area (Å²) in [5, 5.41) is 14.9. The summed E-state index contributed by atoms with van der Waals surface area (Å²) in [7, 11) is 0. The maximum absolute atomic E-state index is 4.30. The Morgan fingerprint density at radius 3 is 2.59 bits per heavy atom. The van der Waals surface area contributed by atoms with Gasteiger partial charge in [-0.05, 0) is 24.4 Å².